The van der Waals surface area contributed by atoms with Gasteiger partial charge in [-0.2, -0.15) is 5.10 Å². The van der Waals surface area contributed by atoms with Gasteiger partial charge in [0.05, 0.1) is 21.8 Å². The first-order valence-corrected chi connectivity index (χ1v) is 9.09. The Morgan fingerprint density at radius 1 is 1.41 bits per heavy atom. The maximum absolute atomic E-state index is 12.6. The Labute approximate surface area is 160 Å². The highest BCUT2D eigenvalue weighted by atomic mass is 32.1. The van der Waals surface area contributed by atoms with Crippen LogP contribution in [0.15, 0.2) is 53.0 Å². The highest BCUT2D eigenvalue weighted by Crippen LogP contribution is 2.21. The van der Waals surface area contributed by atoms with E-state index in [1.165, 1.54) is 11.3 Å². The Hall–Kier alpha value is -3.20. The Balaban J connectivity index is 1.80. The van der Waals surface area contributed by atoms with Gasteiger partial charge >= 0.3 is 0 Å². The monoisotopic (exact) mass is 384 g/mol. The van der Waals surface area contributed by atoms with Crippen molar-refractivity contribution in [3.05, 3.63) is 63.6 Å². The standard InChI is InChI=1S/C18H20N6O2S/c1-11-15(27-10-21-11)9-26-12-4-5-14(19)13(8-12)17(20-2)18(25)22-16-6-7-24(3)23-16/h4-8,10,19-20H,9H2,1-3H3,(H,22,23,25)/b17-13-,19-14?. The number of allylic oxidation sites excluding steroid dienone is 4. The average molecular weight is 384 g/mol. The lowest BCUT2D eigenvalue weighted by atomic mass is 10.0. The second-order valence-corrected chi connectivity index (χ2v) is 6.75. The third-order valence-electron chi connectivity index (χ3n) is 3.91. The van der Waals surface area contributed by atoms with Gasteiger partial charge < -0.3 is 20.8 Å². The van der Waals surface area contributed by atoms with Crippen LogP contribution in [0.4, 0.5) is 5.82 Å². The number of hydrogen-bond acceptors (Lipinski definition) is 7. The summed E-state index contributed by atoms with van der Waals surface area (Å²) in [5.74, 6) is 0.641. The molecule has 0 aliphatic heterocycles. The second kappa shape index (κ2) is 8.00. The molecular weight excluding hydrogens is 364 g/mol. The molecule has 0 saturated heterocycles. The fraction of sp³-hybridized carbons (Fsp3) is 0.222. The SMILES string of the molecule is CN/C(C(=O)Nc1ccn(C)n1)=C1/C=C(OCc2scnc2C)C=CC1=N. The zero-order valence-electron chi connectivity index (χ0n) is 15.2. The lowest BCUT2D eigenvalue weighted by Gasteiger charge is -2.16. The number of nitrogens with zero attached hydrogens (tertiary/aromatic N) is 3. The maximum atomic E-state index is 12.6. The summed E-state index contributed by atoms with van der Waals surface area (Å²) < 4.78 is 7.42. The first kappa shape index (κ1) is 18.6. The van der Waals surface area contributed by atoms with Crippen molar-refractivity contribution in [3.63, 3.8) is 0 Å². The Morgan fingerprint density at radius 2 is 2.22 bits per heavy atom. The second-order valence-electron chi connectivity index (χ2n) is 5.81. The number of amides is 1. The van der Waals surface area contributed by atoms with E-state index in [1.54, 1.807) is 54.8 Å². The van der Waals surface area contributed by atoms with Gasteiger partial charge in [0.2, 0.25) is 0 Å². The summed E-state index contributed by atoms with van der Waals surface area (Å²) in [5.41, 5.74) is 3.65. The number of rotatable bonds is 6. The quantitative estimate of drug-likeness (QED) is 0.663. The molecule has 2 aromatic rings. The van der Waals surface area contributed by atoms with Crippen molar-refractivity contribution in [2.24, 2.45) is 7.05 Å². The molecule has 3 N–H and O–H groups in total. The van der Waals surface area contributed by atoms with Crippen LogP contribution >= 0.6 is 11.3 Å². The Morgan fingerprint density at radius 3 is 2.85 bits per heavy atom. The minimum absolute atomic E-state index is 0.219. The first-order valence-electron chi connectivity index (χ1n) is 8.21. The lowest BCUT2D eigenvalue weighted by Crippen LogP contribution is -2.27. The molecule has 0 bridgehead atoms. The van der Waals surface area contributed by atoms with E-state index in [2.05, 4.69) is 20.7 Å². The number of thiazole rings is 1. The van der Waals surface area contributed by atoms with E-state index in [0.29, 0.717) is 23.8 Å². The summed E-state index contributed by atoms with van der Waals surface area (Å²) in [6.45, 7) is 2.32. The molecule has 8 nitrogen and oxygen atoms in total. The molecule has 0 saturated carbocycles. The van der Waals surface area contributed by atoms with E-state index < -0.39 is 0 Å². The molecule has 140 valence electrons. The molecule has 0 spiro atoms. The summed E-state index contributed by atoms with van der Waals surface area (Å²) in [4.78, 5) is 17.9. The van der Waals surface area contributed by atoms with E-state index in [1.807, 2.05) is 6.92 Å². The molecule has 0 atom stereocenters. The van der Waals surface area contributed by atoms with Crippen molar-refractivity contribution in [2.75, 3.05) is 12.4 Å². The number of nitrogens with one attached hydrogen (secondary N) is 3. The number of likely N-dealkylation sites (N-methyl/N-ethyl adjacent to an activating group) is 1. The van der Waals surface area contributed by atoms with Crippen molar-refractivity contribution >= 4 is 28.8 Å². The molecule has 3 rings (SSSR count). The summed E-state index contributed by atoms with van der Waals surface area (Å²) in [7, 11) is 3.41. The number of aryl methyl sites for hydroxylation is 2. The molecule has 0 radical (unpaired) electrons. The van der Waals surface area contributed by atoms with Gasteiger partial charge in [0.15, 0.2) is 5.82 Å². The Kier molecular flexibility index (Phi) is 5.51. The van der Waals surface area contributed by atoms with Crippen molar-refractivity contribution in [3.8, 4) is 0 Å². The van der Waals surface area contributed by atoms with Gasteiger partial charge in [0.25, 0.3) is 5.91 Å². The van der Waals surface area contributed by atoms with Gasteiger partial charge in [-0.3, -0.25) is 9.48 Å². The third kappa shape index (κ3) is 4.32. The van der Waals surface area contributed by atoms with Crippen LogP contribution in [-0.2, 0) is 23.2 Å². The van der Waals surface area contributed by atoms with Crippen LogP contribution < -0.4 is 10.6 Å². The van der Waals surface area contributed by atoms with Crippen molar-refractivity contribution in [1.29, 1.82) is 5.41 Å². The van der Waals surface area contributed by atoms with Crippen molar-refractivity contribution < 1.29 is 9.53 Å². The molecular formula is C18H20N6O2S. The van der Waals surface area contributed by atoms with Crippen molar-refractivity contribution in [1.82, 2.24) is 20.1 Å². The van der Waals surface area contributed by atoms with Crippen LogP contribution in [0.2, 0.25) is 0 Å². The van der Waals surface area contributed by atoms with Crippen LogP contribution in [0.1, 0.15) is 10.6 Å². The topological polar surface area (TPSA) is 105 Å². The van der Waals surface area contributed by atoms with Gasteiger partial charge in [0, 0.05) is 31.9 Å². The molecule has 0 fully saturated rings. The zero-order valence-corrected chi connectivity index (χ0v) is 16.1. The van der Waals surface area contributed by atoms with Gasteiger partial charge in [-0.05, 0) is 25.2 Å². The highest BCUT2D eigenvalue weighted by Gasteiger charge is 2.19. The van der Waals surface area contributed by atoms with E-state index in [4.69, 9.17) is 10.1 Å². The Bertz CT molecular complexity index is 966. The normalized spacial score (nSPS) is 15.4. The minimum atomic E-state index is -0.375. The summed E-state index contributed by atoms with van der Waals surface area (Å²) in [6, 6.07) is 1.70. The predicted octanol–water partition coefficient (Wildman–Crippen LogP) is 2.29. The van der Waals surface area contributed by atoms with Gasteiger partial charge in [-0.1, -0.05) is 0 Å². The predicted molar refractivity (Wildman–Crippen MR) is 105 cm³/mol. The maximum Gasteiger partial charge on any atom is 0.273 e. The van der Waals surface area contributed by atoms with Crippen LogP contribution in [0.3, 0.4) is 0 Å². The number of anilines is 1. The van der Waals surface area contributed by atoms with E-state index in [0.717, 1.165) is 10.6 Å². The first-order chi connectivity index (χ1) is 13.0. The lowest BCUT2D eigenvalue weighted by molar-refractivity contribution is -0.113. The smallest absolute Gasteiger partial charge is 0.273 e. The number of aromatic nitrogens is 3. The number of carbonyl (C=O) groups is 1. The summed E-state index contributed by atoms with van der Waals surface area (Å²) in [5, 5.41) is 17.9. The van der Waals surface area contributed by atoms with Gasteiger partial charge in [-0.25, -0.2) is 4.98 Å². The van der Waals surface area contributed by atoms with Crippen LogP contribution in [-0.4, -0.2) is 33.4 Å². The largest absolute Gasteiger partial charge is 0.488 e. The number of carbonyl (C=O) groups excluding carboxylic acids is 1. The average Bonchev–Trinajstić information content (AvgIpc) is 3.24. The van der Waals surface area contributed by atoms with E-state index in [-0.39, 0.29) is 17.3 Å². The van der Waals surface area contributed by atoms with Gasteiger partial charge in [0.1, 0.15) is 18.1 Å². The van der Waals surface area contributed by atoms with Gasteiger partial charge in [-0.15, -0.1) is 11.3 Å². The fourth-order valence-electron chi connectivity index (χ4n) is 2.46. The minimum Gasteiger partial charge on any atom is -0.488 e. The highest BCUT2D eigenvalue weighted by molar-refractivity contribution is 7.09. The summed E-state index contributed by atoms with van der Waals surface area (Å²) in [6.07, 6.45) is 6.74. The zero-order chi connectivity index (χ0) is 19.4. The van der Waals surface area contributed by atoms with E-state index in [9.17, 15) is 4.79 Å². The molecule has 0 aromatic carbocycles. The fourth-order valence-corrected chi connectivity index (χ4v) is 3.15. The molecule has 1 aliphatic rings. The number of hydrogen-bond donors (Lipinski definition) is 3. The molecule has 2 heterocycles. The molecule has 0 unspecified atom stereocenters. The van der Waals surface area contributed by atoms with Crippen molar-refractivity contribution in [2.45, 2.75) is 13.5 Å². The van der Waals surface area contributed by atoms with Crippen LogP contribution in [0, 0.1) is 12.3 Å². The van der Waals surface area contributed by atoms with Crippen LogP contribution in [0.5, 0.6) is 0 Å². The molecule has 27 heavy (non-hydrogen) atoms. The molecule has 1 amide bonds. The third-order valence-corrected chi connectivity index (χ3v) is 4.82. The molecule has 1 aliphatic carbocycles. The van der Waals surface area contributed by atoms with Crippen LogP contribution in [0.25, 0.3) is 0 Å². The van der Waals surface area contributed by atoms with E-state index >= 15 is 0 Å². The number of ether oxygens (including phenoxy) is 1. The molecule has 9 heteroatoms. The summed E-state index contributed by atoms with van der Waals surface area (Å²) >= 11 is 1.53. The molecule has 2 aromatic heterocycles.